The summed E-state index contributed by atoms with van der Waals surface area (Å²) in [5, 5.41) is 0. The van der Waals surface area contributed by atoms with Gasteiger partial charge in [0, 0.05) is 3.57 Å². The Balaban J connectivity index is 2.09. The molecule has 0 fully saturated rings. The summed E-state index contributed by atoms with van der Waals surface area (Å²) in [6.07, 6.45) is 0. The molecule has 80 valence electrons. The molecule has 2 aromatic carbocycles. The van der Waals surface area contributed by atoms with Gasteiger partial charge < -0.3 is 9.47 Å². The summed E-state index contributed by atoms with van der Waals surface area (Å²) in [6.45, 7) is 2.03. The average Bonchev–Trinajstić information content (AvgIpc) is 2.26. The highest BCUT2D eigenvalue weighted by Crippen LogP contribution is 2.45. The number of ether oxygens (including phenoxy) is 2. The van der Waals surface area contributed by atoms with Gasteiger partial charge in [0.05, 0.1) is 0 Å². The Labute approximate surface area is 107 Å². The zero-order chi connectivity index (χ0) is 11.1. The molecular weight excluding hydrogens is 315 g/mol. The van der Waals surface area contributed by atoms with Crippen molar-refractivity contribution < 1.29 is 9.47 Å². The third-order valence-electron chi connectivity index (χ3n) is 2.44. The van der Waals surface area contributed by atoms with E-state index in [9.17, 15) is 0 Å². The van der Waals surface area contributed by atoms with Crippen LogP contribution in [0.5, 0.6) is 23.0 Å². The molecule has 0 amide bonds. The highest BCUT2D eigenvalue weighted by atomic mass is 127. The third-order valence-corrected chi connectivity index (χ3v) is 3.12. The highest BCUT2D eigenvalue weighted by Gasteiger charge is 2.18. The van der Waals surface area contributed by atoms with Crippen molar-refractivity contribution in [3.63, 3.8) is 0 Å². The van der Waals surface area contributed by atoms with Crippen molar-refractivity contribution in [1.29, 1.82) is 0 Å². The van der Waals surface area contributed by atoms with E-state index in [1.807, 2.05) is 43.3 Å². The minimum atomic E-state index is 0.776. The molecule has 1 aliphatic rings. The van der Waals surface area contributed by atoms with Crippen molar-refractivity contribution >= 4 is 22.6 Å². The molecule has 0 radical (unpaired) electrons. The number of aryl methyl sites for hydroxylation is 1. The van der Waals surface area contributed by atoms with Gasteiger partial charge in [-0.15, -0.1) is 0 Å². The molecule has 0 N–H and O–H groups in total. The first-order valence-corrected chi connectivity index (χ1v) is 6.06. The molecule has 0 saturated heterocycles. The van der Waals surface area contributed by atoms with Crippen LogP contribution in [0.2, 0.25) is 0 Å². The van der Waals surface area contributed by atoms with Crippen molar-refractivity contribution in [2.24, 2.45) is 0 Å². The summed E-state index contributed by atoms with van der Waals surface area (Å²) in [5.74, 6) is 3.12. The number of fused-ring (bicyclic) bond motifs is 2. The smallest absolute Gasteiger partial charge is 0.171 e. The van der Waals surface area contributed by atoms with Crippen molar-refractivity contribution in [2.75, 3.05) is 0 Å². The van der Waals surface area contributed by atoms with E-state index in [1.165, 1.54) is 0 Å². The summed E-state index contributed by atoms with van der Waals surface area (Å²) in [4.78, 5) is 0. The predicted octanol–water partition coefficient (Wildman–Crippen LogP) is 4.50. The minimum absolute atomic E-state index is 0.776. The van der Waals surface area contributed by atoms with E-state index in [2.05, 4.69) is 22.6 Å². The van der Waals surface area contributed by atoms with E-state index in [-0.39, 0.29) is 0 Å². The second-order valence-corrected chi connectivity index (χ2v) is 4.99. The summed E-state index contributed by atoms with van der Waals surface area (Å²) in [6, 6.07) is 11.8. The van der Waals surface area contributed by atoms with Crippen LogP contribution in [0.4, 0.5) is 0 Å². The molecule has 3 rings (SSSR count). The molecule has 0 aromatic heterocycles. The fourth-order valence-electron chi connectivity index (χ4n) is 1.66. The first kappa shape index (κ1) is 9.96. The molecular formula is C13H9IO2. The van der Waals surface area contributed by atoms with Crippen molar-refractivity contribution in [3.8, 4) is 23.0 Å². The van der Waals surface area contributed by atoms with Gasteiger partial charge in [0.2, 0.25) is 0 Å². The highest BCUT2D eigenvalue weighted by molar-refractivity contribution is 14.1. The van der Waals surface area contributed by atoms with Gasteiger partial charge in [-0.25, -0.2) is 0 Å². The van der Waals surface area contributed by atoms with E-state index in [4.69, 9.17) is 9.47 Å². The van der Waals surface area contributed by atoms with Crippen LogP contribution in [0.1, 0.15) is 5.56 Å². The van der Waals surface area contributed by atoms with Crippen LogP contribution >= 0.6 is 22.6 Å². The number of benzene rings is 2. The normalized spacial score (nSPS) is 12.1. The number of rotatable bonds is 0. The van der Waals surface area contributed by atoms with Crippen LogP contribution in [-0.2, 0) is 0 Å². The molecule has 0 aliphatic carbocycles. The first-order chi connectivity index (χ1) is 7.72. The van der Waals surface area contributed by atoms with Crippen LogP contribution < -0.4 is 9.47 Å². The van der Waals surface area contributed by atoms with Crippen molar-refractivity contribution in [2.45, 2.75) is 6.92 Å². The maximum Gasteiger partial charge on any atom is 0.171 e. The molecule has 2 nitrogen and oxygen atoms in total. The van der Waals surface area contributed by atoms with E-state index in [0.717, 1.165) is 32.1 Å². The average molecular weight is 324 g/mol. The van der Waals surface area contributed by atoms with E-state index < -0.39 is 0 Å². The fourth-order valence-corrected chi connectivity index (χ4v) is 2.12. The van der Waals surface area contributed by atoms with E-state index in [0.29, 0.717) is 0 Å². The van der Waals surface area contributed by atoms with E-state index in [1.54, 1.807) is 0 Å². The number of hydrogen-bond donors (Lipinski definition) is 0. The lowest BCUT2D eigenvalue weighted by molar-refractivity contribution is 0.359. The maximum atomic E-state index is 5.78. The standard InChI is InChI=1S/C13H9IO2/c1-8-2-4-10-12(6-8)15-11-5-3-9(14)7-13(11)16-10/h2-7H,1H3. The Morgan fingerprint density at radius 1 is 0.812 bits per heavy atom. The lowest BCUT2D eigenvalue weighted by atomic mass is 10.2. The Kier molecular flexibility index (Phi) is 2.28. The van der Waals surface area contributed by atoms with Gasteiger partial charge in [0.1, 0.15) is 0 Å². The van der Waals surface area contributed by atoms with Crippen LogP contribution in [0, 0.1) is 10.5 Å². The molecule has 2 aromatic rings. The molecule has 0 bridgehead atoms. The Morgan fingerprint density at radius 2 is 1.44 bits per heavy atom. The summed E-state index contributed by atoms with van der Waals surface area (Å²) >= 11 is 2.26. The van der Waals surface area contributed by atoms with Gasteiger partial charge in [-0.1, -0.05) is 6.07 Å². The van der Waals surface area contributed by atoms with Gasteiger partial charge in [-0.05, 0) is 65.4 Å². The van der Waals surface area contributed by atoms with Gasteiger partial charge in [-0.3, -0.25) is 0 Å². The van der Waals surface area contributed by atoms with Crippen LogP contribution in [0.15, 0.2) is 36.4 Å². The monoisotopic (exact) mass is 324 g/mol. The molecule has 0 unspecified atom stereocenters. The van der Waals surface area contributed by atoms with E-state index >= 15 is 0 Å². The molecule has 0 spiro atoms. The molecule has 1 heterocycles. The second-order valence-electron chi connectivity index (χ2n) is 3.75. The van der Waals surface area contributed by atoms with Crippen LogP contribution in [0.25, 0.3) is 0 Å². The Morgan fingerprint density at radius 3 is 2.19 bits per heavy atom. The molecule has 0 saturated carbocycles. The lowest BCUT2D eigenvalue weighted by Crippen LogP contribution is -1.99. The second kappa shape index (κ2) is 3.66. The lowest BCUT2D eigenvalue weighted by Gasteiger charge is -2.20. The zero-order valence-electron chi connectivity index (χ0n) is 8.66. The SMILES string of the molecule is Cc1ccc2c(c1)Oc1ccc(I)cc1O2. The molecule has 3 heteroatoms. The summed E-state index contributed by atoms with van der Waals surface area (Å²) in [7, 11) is 0. The van der Waals surface area contributed by atoms with Gasteiger partial charge >= 0.3 is 0 Å². The quantitative estimate of drug-likeness (QED) is 0.567. The predicted molar refractivity (Wildman–Crippen MR) is 70.5 cm³/mol. The third kappa shape index (κ3) is 1.65. The zero-order valence-corrected chi connectivity index (χ0v) is 10.8. The molecule has 16 heavy (non-hydrogen) atoms. The van der Waals surface area contributed by atoms with Gasteiger partial charge in [0.15, 0.2) is 23.0 Å². The van der Waals surface area contributed by atoms with Crippen molar-refractivity contribution in [3.05, 3.63) is 45.5 Å². The summed E-state index contributed by atoms with van der Waals surface area (Å²) in [5.41, 5.74) is 1.16. The molecule has 0 atom stereocenters. The van der Waals surface area contributed by atoms with Gasteiger partial charge in [-0.2, -0.15) is 0 Å². The summed E-state index contributed by atoms with van der Waals surface area (Å²) < 4.78 is 12.7. The Hall–Kier alpha value is -1.23. The topological polar surface area (TPSA) is 18.5 Å². The van der Waals surface area contributed by atoms with Crippen molar-refractivity contribution in [1.82, 2.24) is 0 Å². The number of hydrogen-bond acceptors (Lipinski definition) is 2. The van der Waals surface area contributed by atoms with Crippen LogP contribution in [0.3, 0.4) is 0 Å². The fraction of sp³-hybridized carbons (Fsp3) is 0.0769. The molecule has 1 aliphatic heterocycles. The minimum Gasteiger partial charge on any atom is -0.450 e. The van der Waals surface area contributed by atoms with Crippen LogP contribution in [-0.4, -0.2) is 0 Å². The Bertz CT molecular complexity index is 512. The first-order valence-electron chi connectivity index (χ1n) is 4.98. The maximum absolute atomic E-state index is 5.78. The largest absolute Gasteiger partial charge is 0.450 e. The van der Waals surface area contributed by atoms with Gasteiger partial charge in [0.25, 0.3) is 0 Å². The number of halogens is 1.